The molecule has 1 heterocycles. The fourth-order valence-corrected chi connectivity index (χ4v) is 4.49. The van der Waals surface area contributed by atoms with Gasteiger partial charge in [-0.25, -0.2) is 23.5 Å². The first-order chi connectivity index (χ1) is 14.4. The number of nitrogens with zero attached hydrogens (tertiary/aromatic N) is 2. The predicted octanol–water partition coefficient (Wildman–Crippen LogP) is 4.84. The molecule has 0 radical (unpaired) electrons. The summed E-state index contributed by atoms with van der Waals surface area (Å²) in [7, 11) is 0. The van der Waals surface area contributed by atoms with Crippen molar-refractivity contribution in [3.8, 4) is 5.69 Å². The Morgan fingerprint density at radius 1 is 0.968 bits per heavy atom. The summed E-state index contributed by atoms with van der Waals surface area (Å²) in [5.74, 6) is 0. The van der Waals surface area contributed by atoms with E-state index in [2.05, 4.69) is 0 Å². The number of halogens is 6. The summed E-state index contributed by atoms with van der Waals surface area (Å²) in [6.45, 7) is 1.58. The van der Waals surface area contributed by atoms with Gasteiger partial charge in [0.1, 0.15) is 0 Å². The molecule has 0 amide bonds. The fraction of sp³-hybridized carbons (Fsp3) is 0.167. The van der Waals surface area contributed by atoms with Crippen molar-refractivity contribution in [2.24, 2.45) is 0 Å². The molecule has 0 saturated carbocycles. The minimum atomic E-state index is -4.54. The number of alkyl halides is 3. The molecule has 0 atom stereocenters. The Kier molecular flexibility index (Phi) is 6.66. The van der Waals surface area contributed by atoms with Crippen LogP contribution in [0.25, 0.3) is 5.69 Å². The van der Waals surface area contributed by atoms with Crippen molar-refractivity contribution >= 4 is 46.6 Å². The quantitative estimate of drug-likeness (QED) is 0.543. The molecule has 1 aromatic heterocycles. The van der Waals surface area contributed by atoms with Gasteiger partial charge in [0, 0.05) is 16.3 Å². The van der Waals surface area contributed by atoms with Crippen LogP contribution in [0.2, 0.25) is 15.1 Å². The van der Waals surface area contributed by atoms with E-state index in [4.69, 9.17) is 34.8 Å². The lowest BCUT2D eigenvalue weighted by Gasteiger charge is -2.13. The summed E-state index contributed by atoms with van der Waals surface area (Å²) < 4.78 is 40.0. The third kappa shape index (κ3) is 4.72. The van der Waals surface area contributed by atoms with E-state index in [1.165, 1.54) is 18.2 Å². The number of H-pyrrole nitrogens is 1. The van der Waals surface area contributed by atoms with Crippen LogP contribution in [0.4, 0.5) is 13.2 Å². The minimum absolute atomic E-state index is 0.00585. The van der Waals surface area contributed by atoms with Crippen LogP contribution in [0, 0.1) is 0 Å². The highest BCUT2D eigenvalue weighted by atomic mass is 35.5. The lowest BCUT2D eigenvalue weighted by atomic mass is 10.2. The van der Waals surface area contributed by atoms with Crippen LogP contribution in [0.1, 0.15) is 12.5 Å². The van der Waals surface area contributed by atoms with E-state index in [9.17, 15) is 27.6 Å². The number of nitrogens with one attached hydrogen (secondary N) is 1. The summed E-state index contributed by atoms with van der Waals surface area (Å²) in [6.07, 6.45) is -4.54. The van der Waals surface area contributed by atoms with Crippen molar-refractivity contribution in [1.82, 2.24) is 14.1 Å². The van der Waals surface area contributed by atoms with Crippen LogP contribution in [0.5, 0.6) is 0 Å². The van der Waals surface area contributed by atoms with E-state index in [1.54, 1.807) is 6.92 Å². The predicted molar refractivity (Wildman–Crippen MR) is 113 cm³/mol. The molecule has 3 aromatic rings. The highest BCUT2D eigenvalue weighted by Crippen LogP contribution is 2.43. The largest absolute Gasteiger partial charge is 0.416 e. The second kappa shape index (κ2) is 8.78. The molecule has 31 heavy (non-hydrogen) atoms. The molecule has 3 rings (SSSR count). The fourth-order valence-electron chi connectivity index (χ4n) is 2.66. The van der Waals surface area contributed by atoms with Gasteiger partial charge in [-0.15, -0.1) is 0 Å². The summed E-state index contributed by atoms with van der Waals surface area (Å²) in [4.78, 5) is 39.0. The Labute approximate surface area is 191 Å². The van der Waals surface area contributed by atoms with Gasteiger partial charge in [-0.3, -0.25) is 4.98 Å². The van der Waals surface area contributed by atoms with Gasteiger partial charge in [0.15, 0.2) is 0 Å². The molecule has 13 heteroatoms. The molecule has 0 saturated heterocycles. The number of hydrogen-bond acceptors (Lipinski definition) is 4. The lowest BCUT2D eigenvalue weighted by molar-refractivity contribution is -0.137. The van der Waals surface area contributed by atoms with Crippen molar-refractivity contribution < 1.29 is 13.2 Å². The van der Waals surface area contributed by atoms with E-state index in [0.717, 1.165) is 28.5 Å². The monoisotopic (exact) mass is 511 g/mol. The lowest BCUT2D eigenvalue weighted by Crippen LogP contribution is -2.48. The van der Waals surface area contributed by atoms with Gasteiger partial charge in [-0.1, -0.05) is 46.6 Å². The van der Waals surface area contributed by atoms with Crippen molar-refractivity contribution in [3.63, 3.8) is 0 Å². The zero-order chi connectivity index (χ0) is 23.1. The Bertz CT molecular complexity index is 1330. The third-order valence-electron chi connectivity index (χ3n) is 4.11. The standard InChI is InChI=1S/C18H11Cl3F3N3O3S/c1-2-26-15(28)25-16(29)27(17(26)30)9-6-11(20)14(12(21)7-9)31-13-4-3-8(5-10(13)19)18(22,23)24/h3-7H,2H2,1H3,(H,25,28,29). The Balaban J connectivity index is 2.07. The van der Waals surface area contributed by atoms with Gasteiger partial charge >= 0.3 is 23.2 Å². The highest BCUT2D eigenvalue weighted by molar-refractivity contribution is 7.99. The van der Waals surface area contributed by atoms with Crippen LogP contribution in [-0.4, -0.2) is 14.1 Å². The number of benzene rings is 2. The molecule has 0 aliphatic carbocycles. The third-order valence-corrected chi connectivity index (χ3v) is 6.58. The topological polar surface area (TPSA) is 76.9 Å². The first-order valence-corrected chi connectivity index (χ1v) is 10.4. The molecule has 2 aromatic carbocycles. The van der Waals surface area contributed by atoms with Crippen LogP contribution >= 0.6 is 46.6 Å². The molecule has 164 valence electrons. The summed E-state index contributed by atoms with van der Waals surface area (Å²) in [6, 6.07) is 5.39. The summed E-state index contributed by atoms with van der Waals surface area (Å²) >= 11 is 19.4. The normalized spacial score (nSPS) is 11.7. The maximum Gasteiger partial charge on any atom is 0.416 e. The van der Waals surface area contributed by atoms with Crippen molar-refractivity contribution in [3.05, 3.63) is 82.4 Å². The minimum Gasteiger partial charge on any atom is -0.258 e. The molecule has 0 unspecified atom stereocenters. The first-order valence-electron chi connectivity index (χ1n) is 8.44. The van der Waals surface area contributed by atoms with E-state index in [-0.39, 0.29) is 37.1 Å². The summed E-state index contributed by atoms with van der Waals surface area (Å²) in [5.41, 5.74) is -3.60. The summed E-state index contributed by atoms with van der Waals surface area (Å²) in [5, 5.41) is -0.119. The maximum atomic E-state index is 12.8. The SMILES string of the molecule is CCn1c(=O)[nH]c(=O)n(-c2cc(Cl)c(Sc3ccc(C(F)(F)F)cc3Cl)c(Cl)c2)c1=O. The molecule has 0 aliphatic heterocycles. The van der Waals surface area contributed by atoms with E-state index in [1.807, 2.05) is 4.98 Å². The molecule has 0 fully saturated rings. The number of hydrogen-bond donors (Lipinski definition) is 1. The Morgan fingerprint density at radius 2 is 1.58 bits per heavy atom. The molecule has 0 spiro atoms. The maximum absolute atomic E-state index is 12.8. The van der Waals surface area contributed by atoms with Gasteiger partial charge in [-0.2, -0.15) is 13.2 Å². The molecular formula is C18H11Cl3F3N3O3S. The van der Waals surface area contributed by atoms with Crippen molar-refractivity contribution in [2.45, 2.75) is 29.4 Å². The number of aromatic nitrogens is 3. The average Bonchev–Trinajstić information content (AvgIpc) is 2.65. The molecule has 0 aliphatic rings. The molecule has 0 bridgehead atoms. The van der Waals surface area contributed by atoms with Crippen LogP contribution in [-0.2, 0) is 12.7 Å². The van der Waals surface area contributed by atoms with E-state index in [0.29, 0.717) is 4.57 Å². The molecule has 1 N–H and O–H groups in total. The number of aromatic amines is 1. The second-order valence-corrected chi connectivity index (χ2v) is 8.35. The smallest absolute Gasteiger partial charge is 0.258 e. The zero-order valence-electron chi connectivity index (χ0n) is 15.4. The van der Waals surface area contributed by atoms with Crippen molar-refractivity contribution in [2.75, 3.05) is 0 Å². The van der Waals surface area contributed by atoms with Gasteiger partial charge in [0.25, 0.3) is 0 Å². The van der Waals surface area contributed by atoms with Crippen LogP contribution < -0.4 is 17.1 Å². The molecular weight excluding hydrogens is 502 g/mol. The first kappa shape index (κ1) is 23.5. The van der Waals surface area contributed by atoms with E-state index < -0.39 is 28.8 Å². The van der Waals surface area contributed by atoms with Gasteiger partial charge in [-0.05, 0) is 37.3 Å². The van der Waals surface area contributed by atoms with Crippen molar-refractivity contribution in [1.29, 1.82) is 0 Å². The van der Waals surface area contributed by atoms with Gasteiger partial charge < -0.3 is 0 Å². The highest BCUT2D eigenvalue weighted by Gasteiger charge is 2.31. The second-order valence-electron chi connectivity index (χ2n) is 6.08. The van der Waals surface area contributed by atoms with Gasteiger partial charge in [0.2, 0.25) is 0 Å². The van der Waals surface area contributed by atoms with Gasteiger partial charge in [0.05, 0.1) is 26.3 Å². The zero-order valence-corrected chi connectivity index (χ0v) is 18.5. The van der Waals surface area contributed by atoms with Crippen LogP contribution in [0.15, 0.2) is 54.5 Å². The van der Waals surface area contributed by atoms with Crippen LogP contribution in [0.3, 0.4) is 0 Å². The average molecular weight is 513 g/mol. The Morgan fingerprint density at radius 3 is 2.10 bits per heavy atom. The molecule has 6 nitrogen and oxygen atoms in total. The van der Waals surface area contributed by atoms with E-state index >= 15 is 0 Å². The Hall–Kier alpha value is -2.14. The number of rotatable bonds is 4.